The second kappa shape index (κ2) is 8.08. The van der Waals surface area contributed by atoms with E-state index in [4.69, 9.17) is 51.1 Å². The molecule has 0 aliphatic carbocycles. The van der Waals surface area contributed by atoms with E-state index in [-0.39, 0.29) is 15.6 Å². The number of anilines is 1. The molecule has 2 aromatic carbocycles. The van der Waals surface area contributed by atoms with Gasteiger partial charge < -0.3 is 10.1 Å². The summed E-state index contributed by atoms with van der Waals surface area (Å²) in [6.45, 7) is 1.43. The average Bonchev–Trinajstić information content (AvgIpc) is 2.48. The molecule has 126 valence electrons. The first-order valence-electron chi connectivity index (χ1n) is 6.70. The highest BCUT2D eigenvalue weighted by Gasteiger charge is 2.21. The lowest BCUT2D eigenvalue weighted by Crippen LogP contribution is -2.30. The fraction of sp³-hybridized carbons (Fsp3) is 0.125. The third-order valence-electron chi connectivity index (χ3n) is 2.95. The number of esters is 1. The van der Waals surface area contributed by atoms with Gasteiger partial charge in [0.05, 0.1) is 15.6 Å². The van der Waals surface area contributed by atoms with Crippen molar-refractivity contribution < 1.29 is 14.3 Å². The zero-order chi connectivity index (χ0) is 17.9. The van der Waals surface area contributed by atoms with Crippen molar-refractivity contribution in [1.29, 1.82) is 0 Å². The minimum atomic E-state index is -1.06. The van der Waals surface area contributed by atoms with Crippen molar-refractivity contribution in [2.75, 3.05) is 5.32 Å². The van der Waals surface area contributed by atoms with Crippen LogP contribution >= 0.6 is 46.4 Å². The van der Waals surface area contributed by atoms with E-state index in [2.05, 4.69) is 5.32 Å². The number of ether oxygens (including phenoxy) is 1. The normalized spacial score (nSPS) is 11.7. The molecular weight excluding hydrogens is 396 g/mol. The molecule has 0 aliphatic heterocycles. The van der Waals surface area contributed by atoms with Gasteiger partial charge in [0.15, 0.2) is 6.10 Å². The number of hydrogen-bond donors (Lipinski definition) is 1. The second-order valence-corrected chi connectivity index (χ2v) is 6.45. The topological polar surface area (TPSA) is 55.4 Å². The van der Waals surface area contributed by atoms with Crippen LogP contribution in [0.5, 0.6) is 0 Å². The molecule has 24 heavy (non-hydrogen) atoms. The van der Waals surface area contributed by atoms with Gasteiger partial charge in [0.1, 0.15) is 0 Å². The number of benzene rings is 2. The second-order valence-electron chi connectivity index (χ2n) is 4.80. The maximum Gasteiger partial charge on any atom is 0.340 e. The summed E-state index contributed by atoms with van der Waals surface area (Å²) in [6.07, 6.45) is -1.06. The molecular formula is C16H11Cl4NO3. The van der Waals surface area contributed by atoms with E-state index in [1.165, 1.54) is 31.2 Å². The highest BCUT2D eigenvalue weighted by molar-refractivity contribution is 6.43. The van der Waals surface area contributed by atoms with Crippen LogP contribution in [-0.2, 0) is 9.53 Å². The molecule has 1 N–H and O–H groups in total. The zero-order valence-electron chi connectivity index (χ0n) is 12.3. The fourth-order valence-corrected chi connectivity index (χ4v) is 2.71. The van der Waals surface area contributed by atoms with Gasteiger partial charge in [0.25, 0.3) is 5.91 Å². The van der Waals surface area contributed by atoms with Crippen LogP contribution in [0.1, 0.15) is 17.3 Å². The van der Waals surface area contributed by atoms with Crippen LogP contribution in [0, 0.1) is 0 Å². The summed E-state index contributed by atoms with van der Waals surface area (Å²) < 4.78 is 5.11. The van der Waals surface area contributed by atoms with Gasteiger partial charge in [0, 0.05) is 15.7 Å². The number of carbonyl (C=O) groups is 2. The van der Waals surface area contributed by atoms with E-state index in [0.29, 0.717) is 15.7 Å². The summed E-state index contributed by atoms with van der Waals surface area (Å²) in [5.74, 6) is -1.30. The largest absolute Gasteiger partial charge is 0.449 e. The van der Waals surface area contributed by atoms with Crippen LogP contribution in [-0.4, -0.2) is 18.0 Å². The predicted molar refractivity (Wildman–Crippen MR) is 96.4 cm³/mol. The highest BCUT2D eigenvalue weighted by Crippen LogP contribution is 2.26. The van der Waals surface area contributed by atoms with Gasteiger partial charge in [-0.05, 0) is 37.3 Å². The predicted octanol–water partition coefficient (Wildman–Crippen LogP) is 5.48. The molecule has 0 fully saturated rings. The number of hydrogen-bond acceptors (Lipinski definition) is 3. The van der Waals surface area contributed by atoms with Gasteiger partial charge in [-0.25, -0.2) is 4.79 Å². The maximum absolute atomic E-state index is 12.1. The Morgan fingerprint density at radius 1 is 1.04 bits per heavy atom. The van der Waals surface area contributed by atoms with Crippen molar-refractivity contribution in [3.05, 3.63) is 62.1 Å². The molecule has 8 heteroatoms. The summed E-state index contributed by atoms with van der Waals surface area (Å²) >= 11 is 23.5. The first-order chi connectivity index (χ1) is 11.3. The molecule has 0 saturated heterocycles. The van der Waals surface area contributed by atoms with Crippen molar-refractivity contribution in [3.63, 3.8) is 0 Å². The number of nitrogens with one attached hydrogen (secondary N) is 1. The molecule has 0 unspecified atom stereocenters. The Balaban J connectivity index is 2.05. The lowest BCUT2D eigenvalue weighted by molar-refractivity contribution is -0.123. The first-order valence-corrected chi connectivity index (χ1v) is 8.21. The van der Waals surface area contributed by atoms with E-state index in [1.807, 2.05) is 0 Å². The number of carbonyl (C=O) groups excluding carboxylic acids is 2. The Morgan fingerprint density at radius 2 is 1.67 bits per heavy atom. The molecule has 1 atom stereocenters. The Labute approximate surface area is 158 Å². The molecule has 4 nitrogen and oxygen atoms in total. The fourth-order valence-electron chi connectivity index (χ4n) is 1.81. The van der Waals surface area contributed by atoms with Crippen LogP contribution in [0.25, 0.3) is 0 Å². The van der Waals surface area contributed by atoms with Crippen molar-refractivity contribution in [3.8, 4) is 0 Å². The third kappa shape index (κ3) is 4.77. The zero-order valence-corrected chi connectivity index (χ0v) is 15.3. The highest BCUT2D eigenvalue weighted by atomic mass is 35.5. The minimum Gasteiger partial charge on any atom is -0.449 e. The Morgan fingerprint density at radius 3 is 2.29 bits per heavy atom. The molecule has 0 bridgehead atoms. The lowest BCUT2D eigenvalue weighted by atomic mass is 10.2. The lowest BCUT2D eigenvalue weighted by Gasteiger charge is -2.14. The van der Waals surface area contributed by atoms with Crippen LogP contribution in [0.4, 0.5) is 5.69 Å². The van der Waals surface area contributed by atoms with Gasteiger partial charge in [-0.15, -0.1) is 0 Å². The minimum absolute atomic E-state index is 0.0680. The molecule has 0 spiro atoms. The monoisotopic (exact) mass is 405 g/mol. The van der Waals surface area contributed by atoms with E-state index >= 15 is 0 Å². The van der Waals surface area contributed by atoms with Gasteiger partial charge in [-0.3, -0.25) is 4.79 Å². The van der Waals surface area contributed by atoms with Crippen molar-refractivity contribution in [2.24, 2.45) is 0 Å². The third-order valence-corrected chi connectivity index (χ3v) is 4.21. The summed E-state index contributed by atoms with van der Waals surface area (Å²) in [5.41, 5.74) is 0.468. The molecule has 0 heterocycles. The van der Waals surface area contributed by atoms with Crippen molar-refractivity contribution >= 4 is 64.0 Å². The summed E-state index contributed by atoms with van der Waals surface area (Å²) in [5, 5.41) is 3.59. The maximum atomic E-state index is 12.1. The Kier molecular flexibility index (Phi) is 6.35. The molecule has 1 amide bonds. The average molecular weight is 407 g/mol. The van der Waals surface area contributed by atoms with Crippen molar-refractivity contribution in [1.82, 2.24) is 0 Å². The Hall–Kier alpha value is -1.46. The summed E-state index contributed by atoms with van der Waals surface area (Å²) in [4.78, 5) is 24.2. The SMILES string of the molecule is C[C@@H](OC(=O)c1cccc(Cl)c1Cl)C(=O)Nc1cc(Cl)cc(Cl)c1. The summed E-state index contributed by atoms with van der Waals surface area (Å²) in [7, 11) is 0. The molecule has 2 aromatic rings. The number of amides is 1. The number of halogens is 4. The first kappa shape index (κ1) is 18.9. The van der Waals surface area contributed by atoms with Gasteiger partial charge in [-0.2, -0.15) is 0 Å². The summed E-state index contributed by atoms with van der Waals surface area (Å²) in [6, 6.07) is 9.13. The van der Waals surface area contributed by atoms with Crippen LogP contribution in [0.2, 0.25) is 20.1 Å². The standard InChI is InChI=1S/C16H11Cl4NO3/c1-8(15(22)21-11-6-9(17)5-10(18)7-11)24-16(23)12-3-2-4-13(19)14(12)20/h2-8H,1H3,(H,21,22)/t8-/m1/s1. The molecule has 0 aliphatic rings. The van der Waals surface area contributed by atoms with Crippen LogP contribution < -0.4 is 5.32 Å². The van der Waals surface area contributed by atoms with Crippen LogP contribution in [0.3, 0.4) is 0 Å². The molecule has 0 radical (unpaired) electrons. The molecule has 2 rings (SSSR count). The number of rotatable bonds is 4. The van der Waals surface area contributed by atoms with Crippen LogP contribution in [0.15, 0.2) is 36.4 Å². The van der Waals surface area contributed by atoms with E-state index < -0.39 is 18.0 Å². The smallest absolute Gasteiger partial charge is 0.340 e. The quantitative estimate of drug-likeness (QED) is 0.683. The van der Waals surface area contributed by atoms with E-state index in [0.717, 1.165) is 0 Å². The van der Waals surface area contributed by atoms with Crippen molar-refractivity contribution in [2.45, 2.75) is 13.0 Å². The van der Waals surface area contributed by atoms with E-state index in [1.54, 1.807) is 12.1 Å². The van der Waals surface area contributed by atoms with E-state index in [9.17, 15) is 9.59 Å². The van der Waals surface area contributed by atoms with Gasteiger partial charge in [0.2, 0.25) is 0 Å². The van der Waals surface area contributed by atoms with Gasteiger partial charge >= 0.3 is 5.97 Å². The molecule has 0 aromatic heterocycles. The molecule has 0 saturated carbocycles. The van der Waals surface area contributed by atoms with Gasteiger partial charge in [-0.1, -0.05) is 52.5 Å². The Bertz CT molecular complexity index is 775.